The van der Waals surface area contributed by atoms with Crippen molar-refractivity contribution in [2.45, 2.75) is 6.54 Å². The van der Waals surface area contributed by atoms with Gasteiger partial charge in [0.05, 0.1) is 12.9 Å². The van der Waals surface area contributed by atoms with Crippen LogP contribution in [0.5, 0.6) is 0 Å². The average Bonchev–Trinajstić information content (AvgIpc) is 2.74. The summed E-state index contributed by atoms with van der Waals surface area (Å²) < 4.78 is 1.58. The second kappa shape index (κ2) is 4.79. The molecule has 2 rings (SSSR count). The third-order valence-electron chi connectivity index (χ3n) is 2.47. The van der Waals surface area contributed by atoms with E-state index in [2.05, 4.69) is 4.98 Å². The summed E-state index contributed by atoms with van der Waals surface area (Å²) in [5.41, 5.74) is 7.33. The van der Waals surface area contributed by atoms with Crippen LogP contribution >= 0.6 is 11.6 Å². The lowest BCUT2D eigenvalue weighted by atomic mass is 10.2. The summed E-state index contributed by atoms with van der Waals surface area (Å²) in [5, 5.41) is 18.3. The summed E-state index contributed by atoms with van der Waals surface area (Å²) in [7, 11) is 0. The number of nitrogen functional groups attached to an aromatic ring is 1. The van der Waals surface area contributed by atoms with Crippen LogP contribution in [-0.2, 0) is 6.54 Å². The van der Waals surface area contributed by atoms with Crippen LogP contribution in [0.25, 0.3) is 0 Å². The van der Waals surface area contributed by atoms with Crippen LogP contribution in [0.1, 0.15) is 17.0 Å². The van der Waals surface area contributed by atoms with Gasteiger partial charge in [-0.25, -0.2) is 4.98 Å². The lowest BCUT2D eigenvalue weighted by molar-refractivity contribution is 0.786. The number of benzene rings is 1. The van der Waals surface area contributed by atoms with Crippen LogP contribution in [0.2, 0.25) is 5.02 Å². The highest BCUT2D eigenvalue weighted by molar-refractivity contribution is 6.31. The number of aromatic nitrogens is 2. The number of anilines is 1. The number of nitriles is 2. The third kappa shape index (κ3) is 2.13. The first kappa shape index (κ1) is 12.0. The quantitative estimate of drug-likeness (QED) is 0.832. The minimum absolute atomic E-state index is 0.115. The maximum absolute atomic E-state index is 9.00. The van der Waals surface area contributed by atoms with Gasteiger partial charge in [-0.2, -0.15) is 10.5 Å². The van der Waals surface area contributed by atoms with Crippen molar-refractivity contribution in [3.05, 3.63) is 46.5 Å². The normalized spacial score (nSPS) is 9.72. The summed E-state index contributed by atoms with van der Waals surface area (Å²) in [6.07, 6.45) is 1.45. The average molecular weight is 258 g/mol. The summed E-state index contributed by atoms with van der Waals surface area (Å²) in [4.78, 5) is 3.86. The fourth-order valence-electron chi connectivity index (χ4n) is 1.58. The number of nitrogens with zero attached hydrogens (tertiary/aromatic N) is 4. The molecule has 0 spiro atoms. The van der Waals surface area contributed by atoms with Crippen LogP contribution in [0.4, 0.5) is 5.69 Å². The number of hydrogen-bond donors (Lipinski definition) is 1. The number of imidazole rings is 1. The molecule has 2 aromatic rings. The molecule has 0 aliphatic rings. The van der Waals surface area contributed by atoms with Gasteiger partial charge in [0.25, 0.3) is 0 Å². The zero-order valence-corrected chi connectivity index (χ0v) is 10.0. The molecule has 6 heteroatoms. The molecule has 0 fully saturated rings. The molecule has 1 heterocycles. The predicted molar refractivity (Wildman–Crippen MR) is 66.6 cm³/mol. The molecule has 0 unspecified atom stereocenters. The third-order valence-corrected chi connectivity index (χ3v) is 2.82. The monoisotopic (exact) mass is 257 g/mol. The number of rotatable bonds is 2. The molecule has 0 aliphatic carbocycles. The van der Waals surface area contributed by atoms with Crippen LogP contribution in [0.3, 0.4) is 0 Å². The molecule has 0 amide bonds. The molecule has 1 aromatic carbocycles. The van der Waals surface area contributed by atoms with Gasteiger partial charge in [0, 0.05) is 10.7 Å². The number of nitrogens with two attached hydrogens (primary N) is 1. The molecule has 0 saturated carbocycles. The molecule has 1 aromatic heterocycles. The van der Waals surface area contributed by atoms with Gasteiger partial charge in [0.15, 0.2) is 11.4 Å². The van der Waals surface area contributed by atoms with Crippen molar-refractivity contribution in [1.82, 2.24) is 9.55 Å². The smallest absolute Gasteiger partial charge is 0.176 e. The SMILES string of the molecule is N#Cc1ncn(Cc2ccc(N)cc2Cl)c1C#N. The molecular formula is C12H8ClN5. The lowest BCUT2D eigenvalue weighted by Gasteiger charge is -2.06. The molecule has 0 bridgehead atoms. The Balaban J connectivity index is 2.38. The van der Waals surface area contributed by atoms with Crippen molar-refractivity contribution >= 4 is 17.3 Å². The van der Waals surface area contributed by atoms with Crippen molar-refractivity contribution < 1.29 is 0 Å². The maximum atomic E-state index is 9.00. The highest BCUT2D eigenvalue weighted by atomic mass is 35.5. The summed E-state index contributed by atoms with van der Waals surface area (Å²) in [6.45, 7) is 0.372. The van der Waals surface area contributed by atoms with Gasteiger partial charge in [-0.3, -0.25) is 0 Å². The van der Waals surface area contributed by atoms with E-state index in [1.165, 1.54) is 6.33 Å². The van der Waals surface area contributed by atoms with Crippen LogP contribution in [-0.4, -0.2) is 9.55 Å². The molecule has 0 saturated heterocycles. The van der Waals surface area contributed by atoms with E-state index >= 15 is 0 Å². The number of halogens is 1. The van der Waals surface area contributed by atoms with E-state index in [1.54, 1.807) is 22.8 Å². The van der Waals surface area contributed by atoms with Gasteiger partial charge in [-0.1, -0.05) is 17.7 Å². The molecular weight excluding hydrogens is 250 g/mol. The van der Waals surface area contributed by atoms with E-state index < -0.39 is 0 Å². The highest BCUT2D eigenvalue weighted by Gasteiger charge is 2.11. The Morgan fingerprint density at radius 3 is 2.72 bits per heavy atom. The van der Waals surface area contributed by atoms with E-state index in [1.807, 2.05) is 12.1 Å². The van der Waals surface area contributed by atoms with Crippen molar-refractivity contribution in [3.63, 3.8) is 0 Å². The van der Waals surface area contributed by atoms with Gasteiger partial charge in [-0.05, 0) is 17.7 Å². The second-order valence-corrected chi connectivity index (χ2v) is 4.05. The first-order valence-electron chi connectivity index (χ1n) is 5.05. The zero-order chi connectivity index (χ0) is 13.1. The Bertz CT molecular complexity index is 675. The van der Waals surface area contributed by atoms with E-state index in [-0.39, 0.29) is 11.4 Å². The highest BCUT2D eigenvalue weighted by Crippen LogP contribution is 2.21. The van der Waals surface area contributed by atoms with Crippen molar-refractivity contribution in [3.8, 4) is 12.1 Å². The second-order valence-electron chi connectivity index (χ2n) is 3.64. The first-order valence-corrected chi connectivity index (χ1v) is 5.42. The van der Waals surface area contributed by atoms with Crippen LogP contribution in [0.15, 0.2) is 24.5 Å². The van der Waals surface area contributed by atoms with Crippen molar-refractivity contribution in [1.29, 1.82) is 10.5 Å². The van der Waals surface area contributed by atoms with Gasteiger partial charge >= 0.3 is 0 Å². The fourth-order valence-corrected chi connectivity index (χ4v) is 1.83. The zero-order valence-electron chi connectivity index (χ0n) is 9.26. The van der Waals surface area contributed by atoms with E-state index in [0.717, 1.165) is 5.56 Å². The van der Waals surface area contributed by atoms with Crippen molar-refractivity contribution in [2.24, 2.45) is 0 Å². The largest absolute Gasteiger partial charge is 0.399 e. The minimum Gasteiger partial charge on any atom is -0.399 e. The first-order chi connectivity index (χ1) is 8.65. The summed E-state index contributed by atoms with van der Waals surface area (Å²) in [5.74, 6) is 0. The summed E-state index contributed by atoms with van der Waals surface area (Å²) in [6, 6.07) is 8.98. The van der Waals surface area contributed by atoms with Gasteiger partial charge in [0.2, 0.25) is 0 Å². The lowest BCUT2D eigenvalue weighted by Crippen LogP contribution is -2.02. The molecule has 2 N–H and O–H groups in total. The van der Waals surface area contributed by atoms with Gasteiger partial charge in [0.1, 0.15) is 12.1 Å². The van der Waals surface area contributed by atoms with Gasteiger partial charge in [-0.15, -0.1) is 0 Å². The van der Waals surface area contributed by atoms with E-state index in [4.69, 9.17) is 27.9 Å². The minimum atomic E-state index is 0.115. The molecule has 0 atom stereocenters. The Hall–Kier alpha value is -2.50. The molecule has 0 radical (unpaired) electrons. The van der Waals surface area contributed by atoms with E-state index in [9.17, 15) is 0 Å². The fraction of sp³-hybridized carbons (Fsp3) is 0.0833. The van der Waals surface area contributed by atoms with Gasteiger partial charge < -0.3 is 10.3 Å². The Labute approximate surface area is 109 Å². The summed E-state index contributed by atoms with van der Waals surface area (Å²) >= 11 is 6.05. The Morgan fingerprint density at radius 2 is 2.11 bits per heavy atom. The van der Waals surface area contributed by atoms with Crippen molar-refractivity contribution in [2.75, 3.05) is 5.73 Å². The maximum Gasteiger partial charge on any atom is 0.176 e. The topological polar surface area (TPSA) is 91.4 Å². The standard InChI is InChI=1S/C12H8ClN5/c13-10-3-9(16)2-1-8(10)6-18-7-17-11(4-14)12(18)5-15/h1-3,7H,6,16H2. The molecule has 0 aliphatic heterocycles. The Morgan fingerprint density at radius 1 is 1.33 bits per heavy atom. The molecule has 5 nitrogen and oxygen atoms in total. The van der Waals surface area contributed by atoms with Crippen LogP contribution in [0, 0.1) is 22.7 Å². The van der Waals surface area contributed by atoms with Crippen LogP contribution < -0.4 is 5.73 Å². The Kier molecular flexibility index (Phi) is 3.18. The predicted octanol–water partition coefficient (Wildman–Crippen LogP) is 1.91. The molecule has 18 heavy (non-hydrogen) atoms. The van der Waals surface area contributed by atoms with E-state index in [0.29, 0.717) is 17.3 Å². The number of hydrogen-bond acceptors (Lipinski definition) is 4. The molecule has 88 valence electrons.